The Morgan fingerprint density at radius 2 is 1.90 bits per heavy atom. The number of benzene rings is 2. The number of anilines is 1. The average Bonchev–Trinajstić information content (AvgIpc) is 2.42. The third-order valence-corrected chi connectivity index (χ3v) is 3.64. The van der Waals surface area contributed by atoms with Crippen LogP contribution in [-0.2, 0) is 6.42 Å². The van der Waals surface area contributed by atoms with Crippen LogP contribution in [0.1, 0.15) is 16.7 Å². The number of halogens is 1. The lowest BCUT2D eigenvalue weighted by molar-refractivity contribution is 1.02. The molecule has 4 heteroatoms. The van der Waals surface area contributed by atoms with Crippen LogP contribution in [0.15, 0.2) is 42.5 Å². The number of thiocarbonyl (C=S) groups is 1. The first kappa shape index (κ1) is 14.8. The molecule has 2 aromatic rings. The summed E-state index contributed by atoms with van der Waals surface area (Å²) in [4.78, 5) is 0.419. The Hall–Kier alpha value is -1.58. The molecule has 0 bridgehead atoms. The molecule has 2 rings (SSSR count). The van der Waals surface area contributed by atoms with Crippen LogP contribution in [-0.4, -0.2) is 11.5 Å². The van der Waals surface area contributed by atoms with E-state index < -0.39 is 0 Å². The molecule has 0 heterocycles. The van der Waals surface area contributed by atoms with Crippen molar-refractivity contribution in [2.24, 2.45) is 5.73 Å². The summed E-state index contributed by atoms with van der Waals surface area (Å²) < 4.78 is 0. The lowest BCUT2D eigenvalue weighted by Gasteiger charge is -2.14. The summed E-state index contributed by atoms with van der Waals surface area (Å²) in [6, 6.07) is 13.9. The molecule has 0 aliphatic heterocycles. The van der Waals surface area contributed by atoms with Gasteiger partial charge in [0.2, 0.25) is 0 Å². The van der Waals surface area contributed by atoms with Crippen LogP contribution < -0.4 is 11.1 Å². The number of nitrogens with one attached hydrogen (secondary N) is 1. The Bertz CT molecular complexity index is 608. The fraction of sp³-hybridized carbons (Fsp3) is 0.188. The molecule has 20 heavy (non-hydrogen) atoms. The van der Waals surface area contributed by atoms with Crippen molar-refractivity contribution in [1.29, 1.82) is 0 Å². The predicted octanol–water partition coefficient (Wildman–Crippen LogP) is 3.94. The van der Waals surface area contributed by atoms with Gasteiger partial charge < -0.3 is 11.1 Å². The second-order valence-electron chi connectivity index (χ2n) is 4.66. The molecule has 0 aliphatic rings. The molecule has 0 unspecified atom stereocenters. The monoisotopic (exact) mass is 304 g/mol. The Morgan fingerprint density at radius 3 is 2.55 bits per heavy atom. The Labute approximate surface area is 130 Å². The van der Waals surface area contributed by atoms with E-state index in [1.165, 1.54) is 5.56 Å². The quantitative estimate of drug-likeness (QED) is 0.822. The fourth-order valence-corrected chi connectivity index (χ4v) is 2.39. The summed E-state index contributed by atoms with van der Waals surface area (Å²) in [6.45, 7) is 2.87. The van der Waals surface area contributed by atoms with Crippen LogP contribution >= 0.6 is 23.8 Å². The summed E-state index contributed by atoms with van der Waals surface area (Å²) in [7, 11) is 0. The second kappa shape index (κ2) is 6.73. The minimum Gasteiger partial charge on any atom is -0.389 e. The van der Waals surface area contributed by atoms with E-state index >= 15 is 0 Å². The van der Waals surface area contributed by atoms with Gasteiger partial charge in [-0.1, -0.05) is 48.1 Å². The summed E-state index contributed by atoms with van der Waals surface area (Å²) in [5.41, 5.74) is 10.1. The van der Waals surface area contributed by atoms with Gasteiger partial charge in [0.25, 0.3) is 0 Å². The van der Waals surface area contributed by atoms with Crippen LogP contribution in [0.25, 0.3) is 0 Å². The van der Waals surface area contributed by atoms with Crippen molar-refractivity contribution in [2.45, 2.75) is 13.3 Å². The maximum Gasteiger partial charge on any atom is 0.106 e. The number of para-hydroxylation sites is 1. The van der Waals surface area contributed by atoms with Crippen molar-refractivity contribution in [3.63, 3.8) is 0 Å². The highest BCUT2D eigenvalue weighted by Crippen LogP contribution is 2.20. The summed E-state index contributed by atoms with van der Waals surface area (Å²) in [5.74, 6) is 0. The van der Waals surface area contributed by atoms with E-state index in [-0.39, 0.29) is 0 Å². The molecule has 0 saturated carbocycles. The van der Waals surface area contributed by atoms with E-state index in [0.717, 1.165) is 34.8 Å². The van der Waals surface area contributed by atoms with Crippen LogP contribution in [0.4, 0.5) is 5.69 Å². The van der Waals surface area contributed by atoms with Crippen molar-refractivity contribution < 1.29 is 0 Å². The van der Waals surface area contributed by atoms with Crippen molar-refractivity contribution in [3.8, 4) is 0 Å². The molecular formula is C16H17ClN2S. The molecule has 0 spiro atoms. The zero-order chi connectivity index (χ0) is 14.5. The van der Waals surface area contributed by atoms with E-state index in [1.807, 2.05) is 49.4 Å². The third-order valence-electron chi connectivity index (χ3n) is 3.17. The van der Waals surface area contributed by atoms with Gasteiger partial charge in [-0.05, 0) is 42.7 Å². The van der Waals surface area contributed by atoms with E-state index in [1.54, 1.807) is 0 Å². The summed E-state index contributed by atoms with van der Waals surface area (Å²) in [6.07, 6.45) is 0.919. The van der Waals surface area contributed by atoms with Crippen molar-refractivity contribution in [3.05, 3.63) is 64.2 Å². The third kappa shape index (κ3) is 3.71. The average molecular weight is 305 g/mol. The normalized spacial score (nSPS) is 10.3. The molecule has 104 valence electrons. The van der Waals surface area contributed by atoms with E-state index in [4.69, 9.17) is 29.6 Å². The topological polar surface area (TPSA) is 38.0 Å². The number of hydrogen-bond donors (Lipinski definition) is 2. The van der Waals surface area contributed by atoms with Crippen LogP contribution in [0.3, 0.4) is 0 Å². The van der Waals surface area contributed by atoms with Gasteiger partial charge in [-0.2, -0.15) is 0 Å². The van der Waals surface area contributed by atoms with Gasteiger partial charge in [-0.15, -0.1) is 0 Å². The van der Waals surface area contributed by atoms with Gasteiger partial charge in [0.1, 0.15) is 4.99 Å². The smallest absolute Gasteiger partial charge is 0.106 e. The molecule has 0 atom stereocenters. The second-order valence-corrected chi connectivity index (χ2v) is 5.54. The van der Waals surface area contributed by atoms with E-state index in [9.17, 15) is 0 Å². The predicted molar refractivity (Wildman–Crippen MR) is 90.7 cm³/mol. The van der Waals surface area contributed by atoms with Gasteiger partial charge in [-0.3, -0.25) is 0 Å². The van der Waals surface area contributed by atoms with E-state index in [2.05, 4.69) is 5.32 Å². The molecule has 3 N–H and O–H groups in total. The van der Waals surface area contributed by atoms with Gasteiger partial charge in [-0.25, -0.2) is 0 Å². The lowest BCUT2D eigenvalue weighted by Crippen LogP contribution is -2.15. The summed E-state index contributed by atoms with van der Waals surface area (Å²) >= 11 is 11.0. The van der Waals surface area contributed by atoms with E-state index in [0.29, 0.717) is 4.99 Å². The van der Waals surface area contributed by atoms with Gasteiger partial charge >= 0.3 is 0 Å². The first-order chi connectivity index (χ1) is 9.58. The Morgan fingerprint density at radius 1 is 1.20 bits per heavy atom. The minimum absolute atomic E-state index is 0.419. The first-order valence-electron chi connectivity index (χ1n) is 6.45. The Kier molecular flexibility index (Phi) is 4.99. The number of hydrogen-bond acceptors (Lipinski definition) is 2. The van der Waals surface area contributed by atoms with Crippen molar-refractivity contribution >= 4 is 34.5 Å². The molecule has 2 aromatic carbocycles. The Balaban J connectivity index is 2.04. The standard InChI is InChI=1S/C16H17ClN2S/c1-11-3-2-4-14(16(18)20)15(11)19-10-9-12-5-7-13(17)8-6-12/h2-8,19H,9-10H2,1H3,(H2,18,20). The van der Waals surface area contributed by atoms with Gasteiger partial charge in [0, 0.05) is 22.8 Å². The van der Waals surface area contributed by atoms with Crippen molar-refractivity contribution in [1.82, 2.24) is 0 Å². The maximum absolute atomic E-state index is 5.87. The zero-order valence-electron chi connectivity index (χ0n) is 11.3. The fourth-order valence-electron chi connectivity index (χ4n) is 2.09. The molecule has 0 amide bonds. The van der Waals surface area contributed by atoms with Crippen LogP contribution in [0, 0.1) is 6.92 Å². The number of nitrogens with two attached hydrogens (primary N) is 1. The number of rotatable bonds is 5. The van der Waals surface area contributed by atoms with Gasteiger partial charge in [0.15, 0.2) is 0 Å². The largest absolute Gasteiger partial charge is 0.389 e. The SMILES string of the molecule is Cc1cccc(C(N)=S)c1NCCc1ccc(Cl)cc1. The number of aryl methyl sites for hydroxylation is 1. The molecule has 0 aliphatic carbocycles. The molecule has 0 aromatic heterocycles. The highest BCUT2D eigenvalue weighted by atomic mass is 35.5. The minimum atomic E-state index is 0.419. The van der Waals surface area contributed by atoms with Crippen molar-refractivity contribution in [2.75, 3.05) is 11.9 Å². The maximum atomic E-state index is 5.87. The molecule has 0 fully saturated rings. The molecule has 0 saturated heterocycles. The first-order valence-corrected chi connectivity index (χ1v) is 7.24. The van der Waals surface area contributed by atoms with Crippen LogP contribution in [0.5, 0.6) is 0 Å². The zero-order valence-corrected chi connectivity index (χ0v) is 12.9. The lowest BCUT2D eigenvalue weighted by atomic mass is 10.1. The summed E-state index contributed by atoms with van der Waals surface area (Å²) in [5, 5.41) is 4.19. The highest BCUT2D eigenvalue weighted by molar-refractivity contribution is 7.80. The molecule has 0 radical (unpaired) electrons. The van der Waals surface area contributed by atoms with Crippen LogP contribution in [0.2, 0.25) is 5.02 Å². The van der Waals surface area contributed by atoms with Gasteiger partial charge in [0.05, 0.1) is 0 Å². The molecule has 2 nitrogen and oxygen atoms in total. The highest BCUT2D eigenvalue weighted by Gasteiger charge is 2.07. The molecular weight excluding hydrogens is 288 g/mol.